The Bertz CT molecular complexity index is 148. The number of hydrogen-bond acceptors (Lipinski definition) is 2. The third kappa shape index (κ3) is 3.02. The molecule has 62 valence electrons. The second-order valence-electron chi connectivity index (χ2n) is 3.08. The van der Waals surface area contributed by atoms with E-state index in [-0.39, 0.29) is 0 Å². The van der Waals surface area contributed by atoms with Crippen LogP contribution in [0.3, 0.4) is 0 Å². The van der Waals surface area contributed by atoms with Gasteiger partial charge in [-0.05, 0) is 24.4 Å². The van der Waals surface area contributed by atoms with Crippen molar-refractivity contribution in [1.29, 1.82) is 0 Å². The van der Waals surface area contributed by atoms with Gasteiger partial charge in [0.15, 0.2) is 0 Å². The van der Waals surface area contributed by atoms with E-state index < -0.39 is 0 Å². The van der Waals surface area contributed by atoms with E-state index in [1.54, 1.807) is 5.37 Å². The molecule has 1 rings (SSSR count). The van der Waals surface area contributed by atoms with Crippen LogP contribution >= 0.6 is 12.2 Å². The molecule has 1 heterocycles. The first kappa shape index (κ1) is 8.72. The van der Waals surface area contributed by atoms with Gasteiger partial charge in [0.1, 0.15) is 0 Å². The summed E-state index contributed by atoms with van der Waals surface area (Å²) in [4.78, 5) is 2.36. The van der Waals surface area contributed by atoms with Gasteiger partial charge in [0.05, 0.1) is 0 Å². The molecule has 0 N–H and O–H groups in total. The fourth-order valence-electron chi connectivity index (χ4n) is 1.19. The number of likely N-dealkylation sites (tertiary alicyclic amines) is 1. The van der Waals surface area contributed by atoms with Gasteiger partial charge < -0.3 is 4.90 Å². The molecule has 0 bridgehead atoms. The molecule has 0 amide bonds. The first-order chi connectivity index (χ1) is 5.33. The number of nitrogens with zero attached hydrogens (tertiary/aromatic N) is 1. The van der Waals surface area contributed by atoms with Gasteiger partial charge in [0.2, 0.25) is 0 Å². The van der Waals surface area contributed by atoms with E-state index in [1.165, 1.54) is 25.9 Å². The molecular formula is C9H15NS. The van der Waals surface area contributed by atoms with Crippen LogP contribution in [0.25, 0.3) is 0 Å². The minimum atomic E-state index is 0.436. The molecule has 0 aromatic heterocycles. The quantitative estimate of drug-likeness (QED) is 0.596. The second-order valence-corrected chi connectivity index (χ2v) is 3.35. The Labute approximate surface area is 74.1 Å². The van der Waals surface area contributed by atoms with Crippen LogP contribution in [0.2, 0.25) is 0 Å². The highest BCUT2D eigenvalue weighted by Gasteiger charge is 2.05. The molecule has 1 fully saturated rings. The van der Waals surface area contributed by atoms with E-state index in [0.29, 0.717) is 5.92 Å². The van der Waals surface area contributed by atoms with Crippen molar-refractivity contribution < 1.29 is 0 Å². The Morgan fingerprint density at radius 3 is 2.55 bits per heavy atom. The summed E-state index contributed by atoms with van der Waals surface area (Å²) in [6.45, 7) is 4.56. The summed E-state index contributed by atoms with van der Waals surface area (Å²) in [7, 11) is 0. The van der Waals surface area contributed by atoms with Gasteiger partial charge in [-0.1, -0.05) is 25.2 Å². The van der Waals surface area contributed by atoms with E-state index >= 15 is 0 Å². The summed E-state index contributed by atoms with van der Waals surface area (Å²) >= 11 is 4.82. The van der Waals surface area contributed by atoms with E-state index in [4.69, 9.17) is 12.2 Å². The zero-order valence-corrected chi connectivity index (χ0v) is 7.81. The molecule has 0 saturated carbocycles. The number of hydrogen-bond donors (Lipinski definition) is 0. The van der Waals surface area contributed by atoms with E-state index in [1.807, 2.05) is 0 Å². The summed E-state index contributed by atoms with van der Waals surface area (Å²) in [5, 5.41) is 1.80. The Balaban J connectivity index is 2.27. The molecule has 0 aliphatic carbocycles. The maximum atomic E-state index is 4.82. The highest BCUT2D eigenvalue weighted by molar-refractivity contribution is 7.79. The number of thiocarbonyl (C=S) groups is 1. The van der Waals surface area contributed by atoms with Crippen molar-refractivity contribution in [2.24, 2.45) is 5.92 Å². The van der Waals surface area contributed by atoms with Crippen LogP contribution in [0.15, 0.2) is 12.3 Å². The Hall–Kier alpha value is -0.370. The van der Waals surface area contributed by atoms with Gasteiger partial charge in [-0.2, -0.15) is 0 Å². The standard InChI is InChI=1S/C9H15NS/c1-9(8-11)4-7-10-5-2-3-6-10/h4,7-9H,2-3,5-6H2,1H3. The molecule has 1 saturated heterocycles. The molecule has 1 unspecified atom stereocenters. The number of allylic oxidation sites excluding steroid dienone is 1. The lowest BCUT2D eigenvalue weighted by molar-refractivity contribution is 0.465. The summed E-state index contributed by atoms with van der Waals surface area (Å²) in [6.07, 6.45) is 7.03. The minimum Gasteiger partial charge on any atom is -0.378 e. The smallest absolute Gasteiger partial charge is 0.0173 e. The van der Waals surface area contributed by atoms with Crippen LogP contribution in [-0.4, -0.2) is 23.4 Å². The van der Waals surface area contributed by atoms with Crippen molar-refractivity contribution in [3.8, 4) is 0 Å². The van der Waals surface area contributed by atoms with Gasteiger partial charge in [-0.3, -0.25) is 0 Å². The minimum absolute atomic E-state index is 0.436. The summed E-state index contributed by atoms with van der Waals surface area (Å²) in [5.41, 5.74) is 0. The molecular weight excluding hydrogens is 154 g/mol. The van der Waals surface area contributed by atoms with E-state index in [0.717, 1.165) is 0 Å². The molecule has 1 nitrogen and oxygen atoms in total. The highest BCUT2D eigenvalue weighted by Crippen LogP contribution is 2.08. The fraction of sp³-hybridized carbons (Fsp3) is 0.667. The zero-order valence-electron chi connectivity index (χ0n) is 6.99. The van der Waals surface area contributed by atoms with Crippen LogP contribution in [0.5, 0.6) is 0 Å². The molecule has 0 spiro atoms. The molecule has 2 heteroatoms. The van der Waals surface area contributed by atoms with Crippen LogP contribution in [0, 0.1) is 5.92 Å². The fourth-order valence-corrected chi connectivity index (χ4v) is 1.28. The molecule has 0 radical (unpaired) electrons. The van der Waals surface area contributed by atoms with Gasteiger partial charge in [0, 0.05) is 19.0 Å². The maximum Gasteiger partial charge on any atom is 0.0173 e. The van der Waals surface area contributed by atoms with Gasteiger partial charge in [-0.15, -0.1) is 0 Å². The van der Waals surface area contributed by atoms with Gasteiger partial charge in [-0.25, -0.2) is 0 Å². The lowest BCUT2D eigenvalue weighted by Gasteiger charge is -2.10. The van der Waals surface area contributed by atoms with Crippen molar-refractivity contribution in [3.05, 3.63) is 12.3 Å². The van der Waals surface area contributed by atoms with Crippen molar-refractivity contribution in [2.75, 3.05) is 13.1 Å². The van der Waals surface area contributed by atoms with E-state index in [2.05, 4.69) is 24.1 Å². The Morgan fingerprint density at radius 2 is 2.00 bits per heavy atom. The van der Waals surface area contributed by atoms with Crippen molar-refractivity contribution in [1.82, 2.24) is 4.90 Å². The molecule has 1 aliphatic rings. The highest BCUT2D eigenvalue weighted by atomic mass is 32.1. The normalized spacial score (nSPS) is 21.0. The lowest BCUT2D eigenvalue weighted by Crippen LogP contribution is -2.10. The summed E-state index contributed by atoms with van der Waals surface area (Å²) in [5.74, 6) is 0.436. The molecule has 11 heavy (non-hydrogen) atoms. The van der Waals surface area contributed by atoms with Gasteiger partial charge in [0.25, 0.3) is 0 Å². The largest absolute Gasteiger partial charge is 0.378 e. The zero-order chi connectivity index (χ0) is 8.10. The molecule has 1 atom stereocenters. The number of rotatable bonds is 3. The topological polar surface area (TPSA) is 3.24 Å². The summed E-state index contributed by atoms with van der Waals surface area (Å²) < 4.78 is 0. The second kappa shape index (κ2) is 4.50. The monoisotopic (exact) mass is 169 g/mol. The Kier molecular flexibility index (Phi) is 3.57. The third-order valence-electron chi connectivity index (χ3n) is 1.96. The first-order valence-electron chi connectivity index (χ1n) is 4.20. The van der Waals surface area contributed by atoms with Crippen LogP contribution in [0.1, 0.15) is 19.8 Å². The molecule has 1 aliphatic heterocycles. The average Bonchev–Trinajstić information content (AvgIpc) is 2.52. The predicted molar refractivity (Wildman–Crippen MR) is 52.8 cm³/mol. The third-order valence-corrected chi connectivity index (χ3v) is 2.39. The van der Waals surface area contributed by atoms with Crippen LogP contribution in [0.4, 0.5) is 0 Å². The average molecular weight is 169 g/mol. The van der Waals surface area contributed by atoms with Crippen molar-refractivity contribution >= 4 is 17.6 Å². The van der Waals surface area contributed by atoms with Crippen molar-refractivity contribution in [3.63, 3.8) is 0 Å². The van der Waals surface area contributed by atoms with Crippen LogP contribution in [-0.2, 0) is 0 Å². The van der Waals surface area contributed by atoms with Crippen molar-refractivity contribution in [2.45, 2.75) is 19.8 Å². The lowest BCUT2D eigenvalue weighted by atomic mass is 10.2. The van der Waals surface area contributed by atoms with Gasteiger partial charge >= 0.3 is 0 Å². The Morgan fingerprint density at radius 1 is 1.36 bits per heavy atom. The summed E-state index contributed by atoms with van der Waals surface area (Å²) in [6, 6.07) is 0. The maximum absolute atomic E-state index is 4.82. The van der Waals surface area contributed by atoms with Crippen LogP contribution < -0.4 is 0 Å². The van der Waals surface area contributed by atoms with E-state index in [9.17, 15) is 0 Å². The molecule has 0 aromatic carbocycles. The SMILES string of the molecule is CC(C=S)C=CN1CCCC1. The molecule has 0 aromatic rings. The predicted octanol–water partition coefficient (Wildman–Crippen LogP) is 2.23. The first-order valence-corrected chi connectivity index (χ1v) is 4.68.